The highest BCUT2D eigenvalue weighted by molar-refractivity contribution is 9.10. The second-order valence-corrected chi connectivity index (χ2v) is 7.82. The molecule has 0 aromatic heterocycles. The Morgan fingerprint density at radius 1 is 1.00 bits per heavy atom. The van der Waals surface area contributed by atoms with Crippen LogP contribution in [0, 0.1) is 5.92 Å². The fourth-order valence-electron chi connectivity index (χ4n) is 3.00. The summed E-state index contributed by atoms with van der Waals surface area (Å²) in [5.41, 5.74) is 0.889. The molecule has 5 heteroatoms. The zero-order valence-corrected chi connectivity index (χ0v) is 17.8. The molecule has 0 radical (unpaired) electrons. The Morgan fingerprint density at radius 3 is 2.54 bits per heavy atom. The van der Waals surface area contributed by atoms with Crippen LogP contribution in [-0.4, -0.2) is 18.5 Å². The second-order valence-electron chi connectivity index (χ2n) is 6.97. The number of carbonyl (C=O) groups is 2. The van der Waals surface area contributed by atoms with E-state index in [-0.39, 0.29) is 18.5 Å². The summed E-state index contributed by atoms with van der Waals surface area (Å²) in [5.74, 6) is -1.15. The molecule has 0 fully saturated rings. The number of hydrogen-bond acceptors (Lipinski definition) is 4. The summed E-state index contributed by atoms with van der Waals surface area (Å²) >= 11 is 3.60. The fourth-order valence-corrected chi connectivity index (χ4v) is 3.49. The number of hydrogen-bond donors (Lipinski definition) is 0. The van der Waals surface area contributed by atoms with E-state index in [2.05, 4.69) is 34.1 Å². The molecular weight excluding hydrogens is 420 g/mol. The van der Waals surface area contributed by atoms with Crippen LogP contribution >= 0.6 is 15.9 Å². The van der Waals surface area contributed by atoms with E-state index < -0.39 is 12.1 Å². The highest BCUT2D eigenvalue weighted by Crippen LogP contribution is 2.30. The molecule has 0 aliphatic rings. The first-order chi connectivity index (χ1) is 13.4. The molecule has 0 N–H and O–H groups in total. The van der Waals surface area contributed by atoms with Gasteiger partial charge in [0.05, 0.1) is 5.92 Å². The first-order valence-electron chi connectivity index (χ1n) is 9.37. The molecule has 2 atom stereocenters. The van der Waals surface area contributed by atoms with Crippen molar-refractivity contribution >= 4 is 49.4 Å². The zero-order chi connectivity index (χ0) is 20.3. The number of ether oxygens (including phenoxy) is 2. The Balaban J connectivity index is 1.73. The van der Waals surface area contributed by atoms with Crippen molar-refractivity contribution in [2.45, 2.75) is 33.3 Å². The van der Waals surface area contributed by atoms with Gasteiger partial charge in [-0.25, -0.2) is 4.79 Å². The molecule has 0 spiro atoms. The summed E-state index contributed by atoms with van der Waals surface area (Å²) in [6.45, 7) is 5.12. The van der Waals surface area contributed by atoms with Crippen molar-refractivity contribution in [1.82, 2.24) is 0 Å². The molecule has 0 heterocycles. The number of esters is 2. The Labute approximate surface area is 172 Å². The van der Waals surface area contributed by atoms with Gasteiger partial charge in [0, 0.05) is 4.47 Å². The SMILES string of the molecule is CCC(C)C(=O)OCC(=O)OC(C)c1ccc2cc3cccc(Br)c3cc2c1. The molecule has 0 amide bonds. The van der Waals surface area contributed by atoms with E-state index in [1.54, 1.807) is 6.92 Å². The largest absolute Gasteiger partial charge is 0.455 e. The molecule has 146 valence electrons. The van der Waals surface area contributed by atoms with Crippen LogP contribution in [0.3, 0.4) is 0 Å². The van der Waals surface area contributed by atoms with Gasteiger partial charge in [-0.05, 0) is 64.7 Å². The standard InChI is InChI=1S/C23H23BrO4/c1-4-14(2)23(26)27-13-22(25)28-15(3)16-8-9-17-11-18-6-5-7-21(24)20(18)12-19(17)10-16/h5-12,14-15H,4,13H2,1-3H3. The molecule has 28 heavy (non-hydrogen) atoms. The maximum atomic E-state index is 12.0. The Morgan fingerprint density at radius 2 is 1.79 bits per heavy atom. The van der Waals surface area contributed by atoms with Gasteiger partial charge < -0.3 is 9.47 Å². The van der Waals surface area contributed by atoms with E-state index >= 15 is 0 Å². The molecule has 2 unspecified atom stereocenters. The van der Waals surface area contributed by atoms with E-state index in [1.165, 1.54) is 0 Å². The minimum Gasteiger partial charge on any atom is -0.455 e. The molecule has 0 saturated heterocycles. The van der Waals surface area contributed by atoms with E-state index in [0.717, 1.165) is 31.6 Å². The molecule has 0 bridgehead atoms. The minimum absolute atomic E-state index is 0.222. The topological polar surface area (TPSA) is 52.6 Å². The van der Waals surface area contributed by atoms with Gasteiger partial charge in [0.1, 0.15) is 6.10 Å². The van der Waals surface area contributed by atoms with Crippen molar-refractivity contribution in [2.75, 3.05) is 6.61 Å². The van der Waals surface area contributed by atoms with Gasteiger partial charge in [0.15, 0.2) is 6.61 Å². The molecule has 3 aromatic rings. The van der Waals surface area contributed by atoms with Gasteiger partial charge in [-0.15, -0.1) is 0 Å². The van der Waals surface area contributed by atoms with Crippen molar-refractivity contribution in [2.24, 2.45) is 5.92 Å². The number of halogens is 1. The molecule has 3 rings (SSSR count). The van der Waals surface area contributed by atoms with Gasteiger partial charge in [-0.3, -0.25) is 4.79 Å². The first kappa shape index (κ1) is 20.3. The maximum Gasteiger partial charge on any atom is 0.344 e. The van der Waals surface area contributed by atoms with Gasteiger partial charge in [-0.1, -0.05) is 54.0 Å². The van der Waals surface area contributed by atoms with Crippen molar-refractivity contribution < 1.29 is 19.1 Å². The van der Waals surface area contributed by atoms with Crippen molar-refractivity contribution in [3.63, 3.8) is 0 Å². The summed E-state index contributed by atoms with van der Waals surface area (Å²) in [6, 6.07) is 16.4. The lowest BCUT2D eigenvalue weighted by Gasteiger charge is -2.15. The third kappa shape index (κ3) is 4.53. The van der Waals surface area contributed by atoms with Gasteiger partial charge in [-0.2, -0.15) is 0 Å². The Kier molecular flexibility index (Phi) is 6.35. The summed E-state index contributed by atoms with van der Waals surface area (Å²) in [6.07, 6.45) is 0.237. The molecular formula is C23H23BrO4. The molecule has 0 aliphatic carbocycles. The lowest BCUT2D eigenvalue weighted by molar-refractivity contribution is -0.164. The fraction of sp³-hybridized carbons (Fsp3) is 0.304. The monoisotopic (exact) mass is 442 g/mol. The molecule has 3 aromatic carbocycles. The normalized spacial score (nSPS) is 13.3. The summed E-state index contributed by atoms with van der Waals surface area (Å²) < 4.78 is 11.5. The van der Waals surface area contributed by atoms with Crippen molar-refractivity contribution in [1.29, 1.82) is 0 Å². The lowest BCUT2D eigenvalue weighted by Crippen LogP contribution is -2.21. The predicted molar refractivity (Wildman–Crippen MR) is 114 cm³/mol. The van der Waals surface area contributed by atoms with E-state index in [4.69, 9.17) is 9.47 Å². The Bertz CT molecular complexity index is 1030. The lowest BCUT2D eigenvalue weighted by atomic mass is 10.00. The maximum absolute atomic E-state index is 12.0. The number of rotatable bonds is 6. The van der Waals surface area contributed by atoms with Crippen LogP contribution < -0.4 is 0 Å². The number of carbonyl (C=O) groups excluding carboxylic acids is 2. The van der Waals surface area contributed by atoms with Gasteiger partial charge in [0.2, 0.25) is 0 Å². The summed E-state index contributed by atoms with van der Waals surface area (Å²) in [7, 11) is 0. The van der Waals surface area contributed by atoms with Gasteiger partial charge >= 0.3 is 11.9 Å². The first-order valence-corrected chi connectivity index (χ1v) is 10.2. The third-order valence-corrected chi connectivity index (χ3v) is 5.62. The Hall–Kier alpha value is -2.40. The number of benzene rings is 3. The smallest absolute Gasteiger partial charge is 0.344 e. The third-order valence-electron chi connectivity index (χ3n) is 4.93. The van der Waals surface area contributed by atoms with Gasteiger partial charge in [0.25, 0.3) is 0 Å². The molecule has 0 aliphatic heterocycles. The van der Waals surface area contributed by atoms with E-state index in [9.17, 15) is 9.59 Å². The van der Waals surface area contributed by atoms with E-state index in [0.29, 0.717) is 6.42 Å². The van der Waals surface area contributed by atoms with Crippen LogP contribution in [0.1, 0.15) is 38.9 Å². The molecule has 4 nitrogen and oxygen atoms in total. The van der Waals surface area contributed by atoms with Crippen LogP contribution in [0.15, 0.2) is 53.0 Å². The van der Waals surface area contributed by atoms with Crippen LogP contribution in [0.25, 0.3) is 21.5 Å². The predicted octanol–water partition coefficient (Wildman–Crippen LogP) is 5.95. The average molecular weight is 443 g/mol. The van der Waals surface area contributed by atoms with E-state index in [1.807, 2.05) is 44.2 Å². The highest BCUT2D eigenvalue weighted by Gasteiger charge is 2.17. The summed E-state index contributed by atoms with van der Waals surface area (Å²) in [4.78, 5) is 23.7. The quantitative estimate of drug-likeness (QED) is 0.349. The second kappa shape index (κ2) is 8.74. The zero-order valence-electron chi connectivity index (χ0n) is 16.2. The average Bonchev–Trinajstić information content (AvgIpc) is 2.70. The van der Waals surface area contributed by atoms with Crippen LogP contribution in [-0.2, 0) is 19.1 Å². The summed E-state index contributed by atoms with van der Waals surface area (Å²) in [5, 5.41) is 4.49. The number of fused-ring (bicyclic) bond motifs is 2. The van der Waals surface area contributed by atoms with Crippen LogP contribution in [0.5, 0.6) is 0 Å². The molecule has 0 saturated carbocycles. The highest BCUT2D eigenvalue weighted by atomic mass is 79.9. The van der Waals surface area contributed by atoms with Crippen molar-refractivity contribution in [3.8, 4) is 0 Å². The minimum atomic E-state index is -0.550. The van der Waals surface area contributed by atoms with Crippen LogP contribution in [0.2, 0.25) is 0 Å². The van der Waals surface area contributed by atoms with Crippen LogP contribution in [0.4, 0.5) is 0 Å². The van der Waals surface area contributed by atoms with Crippen molar-refractivity contribution in [3.05, 3.63) is 58.6 Å².